The summed E-state index contributed by atoms with van der Waals surface area (Å²) >= 11 is 6.23. The van der Waals surface area contributed by atoms with Crippen molar-refractivity contribution in [3.63, 3.8) is 0 Å². The summed E-state index contributed by atoms with van der Waals surface area (Å²) in [5, 5.41) is 13.4. The van der Waals surface area contributed by atoms with E-state index in [2.05, 4.69) is 58.6 Å². The molecule has 218 valence electrons. The molecule has 5 nitrogen and oxygen atoms in total. The van der Waals surface area contributed by atoms with Crippen molar-refractivity contribution in [1.82, 2.24) is 4.90 Å². The van der Waals surface area contributed by atoms with E-state index in [1.807, 2.05) is 19.1 Å². The van der Waals surface area contributed by atoms with Crippen molar-refractivity contribution < 1.29 is 19.0 Å². The quantitative estimate of drug-likeness (QED) is 0.177. The SMILES string of the molecule is CCOCCOCC1CCCN(CC2(c3ccc(Cl)cc3)CCC2)C1(O)CO[Si](C(C)C)(C(C)C)C(C)C. The molecular formula is C31H54ClNO4Si. The Bertz CT molecular complexity index is 823. The van der Waals surface area contributed by atoms with E-state index in [1.54, 1.807) is 0 Å². The Kier molecular flexibility index (Phi) is 11.7. The number of rotatable bonds is 15. The van der Waals surface area contributed by atoms with Crippen LogP contribution in [-0.2, 0) is 19.3 Å². The highest BCUT2D eigenvalue weighted by molar-refractivity contribution is 6.77. The van der Waals surface area contributed by atoms with Crippen molar-refractivity contribution >= 4 is 19.9 Å². The normalized spacial score (nSPS) is 24.4. The molecule has 1 heterocycles. The lowest BCUT2D eigenvalue weighted by molar-refractivity contribution is -0.210. The highest BCUT2D eigenvalue weighted by Gasteiger charge is 2.53. The van der Waals surface area contributed by atoms with Gasteiger partial charge >= 0.3 is 0 Å². The average Bonchev–Trinajstić information content (AvgIpc) is 2.83. The molecule has 2 unspecified atom stereocenters. The molecule has 1 aliphatic heterocycles. The largest absolute Gasteiger partial charge is 0.412 e. The van der Waals surface area contributed by atoms with Crippen molar-refractivity contribution in [2.75, 3.05) is 46.1 Å². The van der Waals surface area contributed by atoms with Gasteiger partial charge in [-0.25, -0.2) is 0 Å². The van der Waals surface area contributed by atoms with Gasteiger partial charge in [-0.05, 0) is 66.9 Å². The van der Waals surface area contributed by atoms with E-state index in [4.69, 9.17) is 25.5 Å². The Morgan fingerprint density at radius 3 is 2.11 bits per heavy atom. The highest BCUT2D eigenvalue weighted by Crippen LogP contribution is 2.48. The molecule has 1 N–H and O–H groups in total. The second kappa shape index (κ2) is 13.9. The van der Waals surface area contributed by atoms with Gasteiger partial charge in [-0.3, -0.25) is 4.90 Å². The van der Waals surface area contributed by atoms with Crippen LogP contribution >= 0.6 is 11.6 Å². The molecule has 0 amide bonds. The third-order valence-electron chi connectivity index (χ3n) is 9.58. The van der Waals surface area contributed by atoms with E-state index in [1.165, 1.54) is 12.0 Å². The Morgan fingerprint density at radius 1 is 0.974 bits per heavy atom. The minimum Gasteiger partial charge on any atom is -0.412 e. The van der Waals surface area contributed by atoms with Gasteiger partial charge in [0.25, 0.3) is 0 Å². The number of hydrogen-bond donors (Lipinski definition) is 1. The van der Waals surface area contributed by atoms with Crippen LogP contribution in [0.15, 0.2) is 24.3 Å². The number of nitrogens with zero attached hydrogens (tertiary/aromatic N) is 1. The molecule has 38 heavy (non-hydrogen) atoms. The number of halogens is 1. The van der Waals surface area contributed by atoms with Crippen LogP contribution in [0.1, 0.15) is 86.1 Å². The van der Waals surface area contributed by atoms with E-state index < -0.39 is 14.0 Å². The lowest BCUT2D eigenvalue weighted by Crippen LogP contribution is -2.66. The predicted molar refractivity (Wildman–Crippen MR) is 161 cm³/mol. The van der Waals surface area contributed by atoms with E-state index in [9.17, 15) is 5.11 Å². The summed E-state index contributed by atoms with van der Waals surface area (Å²) in [6.45, 7) is 20.3. The van der Waals surface area contributed by atoms with Crippen LogP contribution < -0.4 is 0 Å². The van der Waals surface area contributed by atoms with Crippen LogP contribution in [0.3, 0.4) is 0 Å². The lowest BCUT2D eigenvalue weighted by atomic mass is 9.63. The maximum Gasteiger partial charge on any atom is 0.200 e. The molecule has 0 bridgehead atoms. The van der Waals surface area contributed by atoms with Gasteiger partial charge in [-0.1, -0.05) is 71.7 Å². The van der Waals surface area contributed by atoms with Gasteiger partial charge in [0.1, 0.15) is 5.72 Å². The monoisotopic (exact) mass is 567 g/mol. The van der Waals surface area contributed by atoms with Gasteiger partial charge in [0.05, 0.1) is 26.4 Å². The van der Waals surface area contributed by atoms with Gasteiger partial charge in [-0.2, -0.15) is 0 Å². The molecule has 0 aromatic heterocycles. The molecule has 1 aliphatic carbocycles. The number of aliphatic hydroxyl groups is 1. The maximum atomic E-state index is 12.7. The van der Waals surface area contributed by atoms with E-state index in [0.717, 1.165) is 43.8 Å². The first-order valence-corrected chi connectivity index (χ1v) is 17.6. The van der Waals surface area contributed by atoms with Gasteiger partial charge in [0.15, 0.2) is 0 Å². The minimum absolute atomic E-state index is 0.00147. The average molecular weight is 568 g/mol. The van der Waals surface area contributed by atoms with Crippen LogP contribution in [0.2, 0.25) is 21.6 Å². The van der Waals surface area contributed by atoms with E-state index >= 15 is 0 Å². The topological polar surface area (TPSA) is 51.2 Å². The maximum absolute atomic E-state index is 12.7. The number of hydrogen-bond acceptors (Lipinski definition) is 5. The molecule has 3 rings (SSSR count). The first-order valence-electron chi connectivity index (χ1n) is 15.0. The molecule has 1 saturated carbocycles. The number of piperidine rings is 1. The summed E-state index contributed by atoms with van der Waals surface area (Å²) in [5.41, 5.74) is 1.74. The van der Waals surface area contributed by atoms with Gasteiger partial charge in [0.2, 0.25) is 8.32 Å². The van der Waals surface area contributed by atoms with Crippen LogP contribution in [0.5, 0.6) is 0 Å². The standard InChI is InChI=1S/C31H54ClNO4Si/c1-8-35-19-20-36-21-28-11-9-18-33(22-30(16-10-17-30)27-12-14-29(32)15-13-27)31(28,34)23-37-38(24(2)3,25(4)5)26(6)7/h12-15,24-26,28,34H,8-11,16-23H2,1-7H3. The first kappa shape index (κ1) is 32.0. The molecule has 2 fully saturated rings. The van der Waals surface area contributed by atoms with Crippen LogP contribution in [0, 0.1) is 5.92 Å². The third kappa shape index (κ3) is 6.87. The third-order valence-corrected chi connectivity index (χ3v) is 15.9. The number of ether oxygens (including phenoxy) is 2. The molecule has 2 aliphatic rings. The van der Waals surface area contributed by atoms with Crippen molar-refractivity contribution in [1.29, 1.82) is 0 Å². The summed E-state index contributed by atoms with van der Waals surface area (Å²) in [5.74, 6) is -0.00147. The fourth-order valence-electron chi connectivity index (χ4n) is 7.38. The molecule has 1 aromatic carbocycles. The van der Waals surface area contributed by atoms with Crippen LogP contribution in [0.25, 0.3) is 0 Å². The summed E-state index contributed by atoms with van der Waals surface area (Å²) in [6, 6.07) is 8.38. The fraction of sp³-hybridized carbons (Fsp3) is 0.806. The second-order valence-corrected chi connectivity index (χ2v) is 18.6. The molecule has 0 radical (unpaired) electrons. The second-order valence-electron chi connectivity index (χ2n) is 12.7. The number of likely N-dealkylation sites (tertiary alicyclic amines) is 1. The Morgan fingerprint density at radius 2 is 1.58 bits per heavy atom. The summed E-state index contributed by atoms with van der Waals surface area (Å²) in [6.07, 6.45) is 5.50. The molecule has 2 atom stereocenters. The highest BCUT2D eigenvalue weighted by atomic mass is 35.5. The van der Waals surface area contributed by atoms with Crippen LogP contribution in [-0.4, -0.2) is 70.2 Å². The summed E-state index contributed by atoms with van der Waals surface area (Å²) in [7, 11) is -2.15. The molecule has 1 saturated heterocycles. The van der Waals surface area contributed by atoms with Crippen molar-refractivity contribution in [2.24, 2.45) is 5.92 Å². The Balaban J connectivity index is 1.89. The zero-order valence-corrected chi connectivity index (χ0v) is 26.9. The summed E-state index contributed by atoms with van der Waals surface area (Å²) < 4.78 is 18.7. The Hall–Kier alpha value is -0.473. The lowest BCUT2D eigenvalue weighted by Gasteiger charge is -2.55. The first-order chi connectivity index (χ1) is 18.0. The van der Waals surface area contributed by atoms with Crippen molar-refractivity contribution in [3.8, 4) is 0 Å². The predicted octanol–water partition coefficient (Wildman–Crippen LogP) is 7.41. The summed E-state index contributed by atoms with van der Waals surface area (Å²) in [4.78, 5) is 2.36. The van der Waals surface area contributed by atoms with Gasteiger partial charge in [-0.15, -0.1) is 0 Å². The fourth-order valence-corrected chi connectivity index (χ4v) is 13.0. The van der Waals surface area contributed by atoms with Crippen molar-refractivity contribution in [2.45, 2.75) is 108 Å². The molecule has 1 aromatic rings. The van der Waals surface area contributed by atoms with E-state index in [0.29, 0.717) is 49.7 Å². The minimum atomic E-state index is -2.15. The molecule has 0 spiro atoms. The zero-order valence-electron chi connectivity index (χ0n) is 25.1. The number of benzene rings is 1. The van der Waals surface area contributed by atoms with Crippen LogP contribution in [0.4, 0.5) is 0 Å². The smallest absolute Gasteiger partial charge is 0.200 e. The van der Waals surface area contributed by atoms with E-state index in [-0.39, 0.29) is 11.3 Å². The van der Waals surface area contributed by atoms with Gasteiger partial charge < -0.3 is 19.0 Å². The zero-order chi connectivity index (χ0) is 28.0. The Labute approximate surface area is 238 Å². The van der Waals surface area contributed by atoms with Gasteiger partial charge in [0, 0.05) is 36.1 Å². The molecule has 7 heteroatoms. The van der Waals surface area contributed by atoms with Crippen molar-refractivity contribution in [3.05, 3.63) is 34.9 Å². The molecular weight excluding hydrogens is 514 g/mol.